The van der Waals surface area contributed by atoms with Crippen molar-refractivity contribution in [3.05, 3.63) is 35.5 Å². The van der Waals surface area contributed by atoms with Crippen LogP contribution in [0.3, 0.4) is 0 Å². The van der Waals surface area contributed by atoms with E-state index in [2.05, 4.69) is 12.1 Å². The van der Waals surface area contributed by atoms with Crippen LogP contribution in [0.5, 0.6) is 0 Å². The molecule has 1 aromatic heterocycles. The Morgan fingerprint density at radius 1 is 1.40 bits per heavy atom. The largest absolute Gasteiger partial charge is 0.386 e. The molecule has 1 atom stereocenters. The van der Waals surface area contributed by atoms with Crippen LogP contribution in [0.2, 0.25) is 0 Å². The van der Waals surface area contributed by atoms with Gasteiger partial charge in [0.1, 0.15) is 6.10 Å². The molecule has 1 heterocycles. The highest BCUT2D eigenvalue weighted by Gasteiger charge is 2.16. The summed E-state index contributed by atoms with van der Waals surface area (Å²) in [7, 11) is 1.96. The molecule has 0 radical (unpaired) electrons. The van der Waals surface area contributed by atoms with E-state index in [4.69, 9.17) is 5.73 Å². The summed E-state index contributed by atoms with van der Waals surface area (Å²) in [6, 6.07) is 8.13. The lowest BCUT2D eigenvalue weighted by Crippen LogP contribution is -2.15. The molecule has 1 aromatic carbocycles. The van der Waals surface area contributed by atoms with Gasteiger partial charge in [0.15, 0.2) is 0 Å². The number of aromatic nitrogens is 1. The second-order valence-corrected chi connectivity index (χ2v) is 3.84. The zero-order valence-electron chi connectivity index (χ0n) is 9.07. The van der Waals surface area contributed by atoms with E-state index in [0.717, 1.165) is 16.8 Å². The van der Waals surface area contributed by atoms with Gasteiger partial charge in [-0.15, -0.1) is 0 Å². The molecule has 0 saturated heterocycles. The molecule has 0 fully saturated rings. The molecule has 2 rings (SSSR count). The molecule has 0 aliphatic rings. The number of fused-ring (bicyclic) bond motifs is 1. The number of nitrogens with zero attached hydrogens (tertiary/aromatic N) is 1. The Labute approximate surface area is 89.1 Å². The summed E-state index contributed by atoms with van der Waals surface area (Å²) < 4.78 is 2.02. The molecule has 0 bridgehead atoms. The molecule has 3 heteroatoms. The van der Waals surface area contributed by atoms with E-state index in [-0.39, 0.29) is 6.54 Å². The Balaban J connectivity index is 2.75. The maximum atomic E-state index is 9.85. The normalized spacial score (nSPS) is 13.3. The number of nitrogens with two attached hydrogens (primary N) is 1. The number of aliphatic hydroxyl groups is 1. The number of hydrogen-bond acceptors (Lipinski definition) is 2. The van der Waals surface area contributed by atoms with Crippen molar-refractivity contribution in [2.24, 2.45) is 12.8 Å². The summed E-state index contributed by atoms with van der Waals surface area (Å²) in [6.07, 6.45) is -0.581. The van der Waals surface area contributed by atoms with Crippen molar-refractivity contribution in [2.75, 3.05) is 6.54 Å². The van der Waals surface area contributed by atoms with E-state index in [1.165, 1.54) is 5.39 Å². The van der Waals surface area contributed by atoms with Gasteiger partial charge < -0.3 is 15.4 Å². The lowest BCUT2D eigenvalue weighted by molar-refractivity contribution is 0.178. The third kappa shape index (κ3) is 1.44. The first kappa shape index (κ1) is 10.2. The maximum absolute atomic E-state index is 9.85. The van der Waals surface area contributed by atoms with E-state index in [0.29, 0.717) is 0 Å². The summed E-state index contributed by atoms with van der Waals surface area (Å²) in [5, 5.41) is 11.0. The minimum absolute atomic E-state index is 0.255. The van der Waals surface area contributed by atoms with Gasteiger partial charge >= 0.3 is 0 Å². The third-order valence-electron chi connectivity index (χ3n) is 2.95. The Morgan fingerprint density at radius 3 is 2.67 bits per heavy atom. The van der Waals surface area contributed by atoms with Gasteiger partial charge in [-0.2, -0.15) is 0 Å². The van der Waals surface area contributed by atoms with Crippen LogP contribution in [-0.2, 0) is 7.05 Å². The summed E-state index contributed by atoms with van der Waals surface area (Å²) >= 11 is 0. The molecule has 3 N–H and O–H groups in total. The maximum Gasteiger partial charge on any atom is 0.106 e. The second-order valence-electron chi connectivity index (χ2n) is 3.84. The van der Waals surface area contributed by atoms with E-state index in [1.54, 1.807) is 0 Å². The van der Waals surface area contributed by atoms with Crippen LogP contribution >= 0.6 is 0 Å². The highest BCUT2D eigenvalue weighted by atomic mass is 16.3. The molecule has 0 spiro atoms. The molecular weight excluding hydrogens is 188 g/mol. The Morgan fingerprint density at radius 2 is 2.07 bits per heavy atom. The summed E-state index contributed by atoms with van der Waals surface area (Å²) in [5.41, 5.74) is 8.67. The highest BCUT2D eigenvalue weighted by Crippen LogP contribution is 2.28. The minimum Gasteiger partial charge on any atom is -0.386 e. The van der Waals surface area contributed by atoms with Crippen molar-refractivity contribution in [2.45, 2.75) is 13.0 Å². The summed E-state index contributed by atoms with van der Waals surface area (Å²) in [5.74, 6) is 0. The Kier molecular flexibility index (Phi) is 2.50. The number of benzene rings is 1. The SMILES string of the molecule is Cc1c(C(O)CN)n(C)c2ccccc12. The molecule has 3 nitrogen and oxygen atoms in total. The number of para-hydroxylation sites is 1. The van der Waals surface area contributed by atoms with Crippen molar-refractivity contribution < 1.29 is 5.11 Å². The summed E-state index contributed by atoms with van der Waals surface area (Å²) in [4.78, 5) is 0. The van der Waals surface area contributed by atoms with Gasteiger partial charge in [-0.25, -0.2) is 0 Å². The molecule has 2 aromatic rings. The smallest absolute Gasteiger partial charge is 0.106 e. The first-order chi connectivity index (χ1) is 7.16. The van der Waals surface area contributed by atoms with Crippen molar-refractivity contribution in [1.29, 1.82) is 0 Å². The zero-order valence-corrected chi connectivity index (χ0v) is 9.07. The molecule has 0 amide bonds. The van der Waals surface area contributed by atoms with Crippen LogP contribution in [0.1, 0.15) is 17.4 Å². The van der Waals surface area contributed by atoms with Crippen molar-refractivity contribution in [3.8, 4) is 0 Å². The first-order valence-corrected chi connectivity index (χ1v) is 5.09. The van der Waals surface area contributed by atoms with E-state index < -0.39 is 6.10 Å². The Bertz CT molecular complexity index is 449. The van der Waals surface area contributed by atoms with Crippen LogP contribution in [0, 0.1) is 6.92 Å². The lowest BCUT2D eigenvalue weighted by Gasteiger charge is -2.11. The quantitative estimate of drug-likeness (QED) is 0.778. The van der Waals surface area contributed by atoms with Crippen LogP contribution in [0.15, 0.2) is 24.3 Å². The van der Waals surface area contributed by atoms with Gasteiger partial charge in [-0.05, 0) is 18.6 Å². The average Bonchev–Trinajstić information content (AvgIpc) is 2.52. The van der Waals surface area contributed by atoms with Crippen LogP contribution in [0.4, 0.5) is 0 Å². The monoisotopic (exact) mass is 204 g/mol. The van der Waals surface area contributed by atoms with Crippen LogP contribution < -0.4 is 5.73 Å². The standard InChI is InChI=1S/C12H16N2O/c1-8-9-5-3-4-6-10(9)14(2)12(8)11(15)7-13/h3-6,11,15H,7,13H2,1-2H3. The lowest BCUT2D eigenvalue weighted by atomic mass is 10.1. The van der Waals surface area contributed by atoms with Crippen molar-refractivity contribution in [3.63, 3.8) is 0 Å². The first-order valence-electron chi connectivity index (χ1n) is 5.09. The van der Waals surface area contributed by atoms with Crippen LogP contribution in [0.25, 0.3) is 10.9 Å². The molecule has 80 valence electrons. The van der Waals surface area contributed by atoms with Crippen molar-refractivity contribution in [1.82, 2.24) is 4.57 Å². The molecular formula is C12H16N2O. The fourth-order valence-electron chi connectivity index (χ4n) is 2.19. The second kappa shape index (κ2) is 3.68. The predicted octanol–water partition coefficient (Wildman–Crippen LogP) is 1.48. The topological polar surface area (TPSA) is 51.2 Å². The fourth-order valence-corrected chi connectivity index (χ4v) is 2.19. The van der Waals surface area contributed by atoms with Crippen molar-refractivity contribution >= 4 is 10.9 Å². The highest BCUT2D eigenvalue weighted by molar-refractivity contribution is 5.85. The van der Waals surface area contributed by atoms with Gasteiger partial charge in [-0.1, -0.05) is 18.2 Å². The van der Waals surface area contributed by atoms with E-state index in [1.807, 2.05) is 30.7 Å². The van der Waals surface area contributed by atoms with E-state index >= 15 is 0 Å². The predicted molar refractivity (Wildman–Crippen MR) is 61.7 cm³/mol. The number of hydrogen-bond donors (Lipinski definition) is 2. The van der Waals surface area contributed by atoms with Gasteiger partial charge in [0.2, 0.25) is 0 Å². The molecule has 0 saturated carbocycles. The number of aryl methyl sites for hydroxylation is 2. The van der Waals surface area contributed by atoms with Gasteiger partial charge in [0, 0.05) is 24.5 Å². The molecule has 0 aliphatic carbocycles. The van der Waals surface area contributed by atoms with E-state index in [9.17, 15) is 5.11 Å². The van der Waals surface area contributed by atoms with Crippen LogP contribution in [-0.4, -0.2) is 16.2 Å². The number of rotatable bonds is 2. The zero-order chi connectivity index (χ0) is 11.0. The summed E-state index contributed by atoms with van der Waals surface area (Å²) in [6.45, 7) is 2.28. The third-order valence-corrected chi connectivity index (χ3v) is 2.95. The van der Waals surface area contributed by atoms with Gasteiger partial charge in [-0.3, -0.25) is 0 Å². The average molecular weight is 204 g/mol. The van der Waals surface area contributed by atoms with Gasteiger partial charge in [0.25, 0.3) is 0 Å². The number of aliphatic hydroxyl groups excluding tert-OH is 1. The fraction of sp³-hybridized carbons (Fsp3) is 0.333. The molecule has 1 unspecified atom stereocenters. The molecule has 0 aliphatic heterocycles. The van der Waals surface area contributed by atoms with Gasteiger partial charge in [0.05, 0.1) is 5.69 Å². The molecule has 15 heavy (non-hydrogen) atoms. The minimum atomic E-state index is -0.581. The Hall–Kier alpha value is -1.32.